The van der Waals surface area contributed by atoms with Gasteiger partial charge in [0, 0.05) is 24.5 Å². The van der Waals surface area contributed by atoms with Crippen LogP contribution in [0.3, 0.4) is 0 Å². The SMILES string of the molecule is C(=C1CCCC2CCC1N2)c1cccnc1. The van der Waals surface area contributed by atoms with Gasteiger partial charge in [0.05, 0.1) is 0 Å². The lowest BCUT2D eigenvalue weighted by Gasteiger charge is -2.13. The standard InChI is InChI=1S/C14H18N2/c1-4-12(9-11-3-2-8-15-10-11)14-7-6-13(5-1)16-14/h2-3,8-10,13-14,16H,1,4-7H2. The van der Waals surface area contributed by atoms with E-state index in [0.29, 0.717) is 6.04 Å². The van der Waals surface area contributed by atoms with E-state index in [-0.39, 0.29) is 0 Å². The second kappa shape index (κ2) is 4.38. The minimum Gasteiger partial charge on any atom is -0.307 e. The van der Waals surface area contributed by atoms with Crippen LogP contribution in [-0.2, 0) is 0 Å². The molecule has 0 radical (unpaired) electrons. The first-order valence-electron chi connectivity index (χ1n) is 6.28. The van der Waals surface area contributed by atoms with E-state index in [2.05, 4.69) is 22.4 Å². The van der Waals surface area contributed by atoms with Crippen LogP contribution < -0.4 is 5.32 Å². The topological polar surface area (TPSA) is 24.9 Å². The molecular formula is C14H18N2. The van der Waals surface area contributed by atoms with Crippen molar-refractivity contribution in [2.24, 2.45) is 0 Å². The summed E-state index contributed by atoms with van der Waals surface area (Å²) in [4.78, 5) is 4.17. The van der Waals surface area contributed by atoms with Crippen LogP contribution in [0.1, 0.15) is 37.7 Å². The van der Waals surface area contributed by atoms with E-state index < -0.39 is 0 Å². The van der Waals surface area contributed by atoms with Crippen molar-refractivity contribution in [3.63, 3.8) is 0 Å². The van der Waals surface area contributed by atoms with Crippen molar-refractivity contribution in [2.75, 3.05) is 0 Å². The number of nitrogens with one attached hydrogen (secondary N) is 1. The normalized spacial score (nSPS) is 31.6. The lowest BCUT2D eigenvalue weighted by atomic mass is 9.95. The first-order chi connectivity index (χ1) is 7.92. The number of aromatic nitrogens is 1. The summed E-state index contributed by atoms with van der Waals surface area (Å²) in [6, 6.07) is 5.56. The van der Waals surface area contributed by atoms with E-state index in [0.717, 1.165) is 6.04 Å². The van der Waals surface area contributed by atoms with Gasteiger partial charge in [-0.3, -0.25) is 4.98 Å². The van der Waals surface area contributed by atoms with Gasteiger partial charge < -0.3 is 5.32 Å². The number of hydrogen-bond donors (Lipinski definition) is 1. The van der Waals surface area contributed by atoms with Crippen LogP contribution in [0.2, 0.25) is 0 Å². The van der Waals surface area contributed by atoms with E-state index in [1.165, 1.54) is 37.7 Å². The Bertz CT molecular complexity index is 383. The van der Waals surface area contributed by atoms with E-state index in [9.17, 15) is 0 Å². The zero-order valence-electron chi connectivity index (χ0n) is 9.52. The molecule has 3 heterocycles. The second-order valence-corrected chi connectivity index (χ2v) is 4.89. The molecule has 2 saturated heterocycles. The molecule has 3 rings (SSSR count). The smallest absolute Gasteiger partial charge is 0.0340 e. The number of fused-ring (bicyclic) bond motifs is 2. The molecule has 0 aromatic carbocycles. The number of nitrogens with zero attached hydrogens (tertiary/aromatic N) is 1. The van der Waals surface area contributed by atoms with E-state index >= 15 is 0 Å². The molecule has 2 atom stereocenters. The molecule has 0 spiro atoms. The molecule has 1 N–H and O–H groups in total. The lowest BCUT2D eigenvalue weighted by Crippen LogP contribution is -2.28. The molecule has 2 bridgehead atoms. The Morgan fingerprint density at radius 1 is 1.31 bits per heavy atom. The molecule has 0 aliphatic carbocycles. The average Bonchev–Trinajstić information content (AvgIpc) is 2.68. The fourth-order valence-electron chi connectivity index (χ4n) is 2.91. The summed E-state index contributed by atoms with van der Waals surface area (Å²) < 4.78 is 0. The molecule has 2 aliphatic heterocycles. The van der Waals surface area contributed by atoms with Gasteiger partial charge >= 0.3 is 0 Å². The largest absolute Gasteiger partial charge is 0.307 e. The quantitative estimate of drug-likeness (QED) is 0.777. The molecule has 2 unspecified atom stereocenters. The van der Waals surface area contributed by atoms with Crippen LogP contribution in [0.4, 0.5) is 0 Å². The highest BCUT2D eigenvalue weighted by Gasteiger charge is 2.28. The van der Waals surface area contributed by atoms with Gasteiger partial charge in [-0.05, 0) is 43.7 Å². The van der Waals surface area contributed by atoms with Crippen LogP contribution in [0.25, 0.3) is 6.08 Å². The average molecular weight is 214 g/mol. The molecule has 2 nitrogen and oxygen atoms in total. The lowest BCUT2D eigenvalue weighted by molar-refractivity contribution is 0.550. The van der Waals surface area contributed by atoms with Gasteiger partial charge in [0.1, 0.15) is 0 Å². The molecule has 0 saturated carbocycles. The third kappa shape index (κ3) is 2.03. The van der Waals surface area contributed by atoms with Gasteiger partial charge in [0.15, 0.2) is 0 Å². The number of rotatable bonds is 1. The third-order valence-corrected chi connectivity index (χ3v) is 3.74. The summed E-state index contributed by atoms with van der Waals surface area (Å²) in [5.74, 6) is 0. The van der Waals surface area contributed by atoms with Crippen molar-refractivity contribution in [1.29, 1.82) is 0 Å². The Kier molecular flexibility index (Phi) is 2.75. The van der Waals surface area contributed by atoms with Crippen molar-refractivity contribution in [2.45, 2.75) is 44.2 Å². The Morgan fingerprint density at radius 2 is 2.31 bits per heavy atom. The Hall–Kier alpha value is -1.15. The molecule has 2 aliphatic rings. The van der Waals surface area contributed by atoms with Crippen molar-refractivity contribution >= 4 is 6.08 Å². The van der Waals surface area contributed by atoms with Gasteiger partial charge in [-0.25, -0.2) is 0 Å². The predicted molar refractivity (Wildman–Crippen MR) is 66.0 cm³/mol. The van der Waals surface area contributed by atoms with Gasteiger partial charge in [-0.1, -0.05) is 17.7 Å². The fourth-order valence-corrected chi connectivity index (χ4v) is 2.91. The maximum atomic E-state index is 4.17. The summed E-state index contributed by atoms with van der Waals surface area (Å²) in [6.45, 7) is 0. The zero-order chi connectivity index (χ0) is 10.8. The molecule has 16 heavy (non-hydrogen) atoms. The maximum Gasteiger partial charge on any atom is 0.0340 e. The van der Waals surface area contributed by atoms with Crippen molar-refractivity contribution in [3.8, 4) is 0 Å². The molecule has 84 valence electrons. The van der Waals surface area contributed by atoms with Crippen molar-refractivity contribution < 1.29 is 0 Å². The maximum absolute atomic E-state index is 4.17. The number of hydrogen-bond acceptors (Lipinski definition) is 2. The number of pyridine rings is 1. The Labute approximate surface area is 96.8 Å². The summed E-state index contributed by atoms with van der Waals surface area (Å²) in [5, 5.41) is 3.73. The van der Waals surface area contributed by atoms with E-state index in [1.54, 1.807) is 5.57 Å². The predicted octanol–water partition coefficient (Wildman–Crippen LogP) is 2.77. The van der Waals surface area contributed by atoms with E-state index in [4.69, 9.17) is 0 Å². The van der Waals surface area contributed by atoms with Crippen LogP contribution >= 0.6 is 0 Å². The first kappa shape index (κ1) is 10.0. The zero-order valence-corrected chi connectivity index (χ0v) is 9.52. The highest BCUT2D eigenvalue weighted by molar-refractivity contribution is 5.53. The summed E-state index contributed by atoms with van der Waals surface area (Å²) in [5.41, 5.74) is 2.82. The molecule has 1 aromatic rings. The van der Waals surface area contributed by atoms with Gasteiger partial charge in [-0.2, -0.15) is 0 Å². The third-order valence-electron chi connectivity index (χ3n) is 3.74. The fraction of sp³-hybridized carbons (Fsp3) is 0.500. The highest BCUT2D eigenvalue weighted by Crippen LogP contribution is 2.30. The van der Waals surface area contributed by atoms with E-state index in [1.807, 2.05) is 18.5 Å². The Morgan fingerprint density at radius 3 is 3.19 bits per heavy atom. The van der Waals surface area contributed by atoms with Gasteiger partial charge in [-0.15, -0.1) is 0 Å². The molecule has 2 heteroatoms. The van der Waals surface area contributed by atoms with Gasteiger partial charge in [0.2, 0.25) is 0 Å². The van der Waals surface area contributed by atoms with Crippen LogP contribution in [0, 0.1) is 0 Å². The van der Waals surface area contributed by atoms with Crippen LogP contribution in [0.15, 0.2) is 30.1 Å². The van der Waals surface area contributed by atoms with Gasteiger partial charge in [0.25, 0.3) is 0 Å². The Balaban J connectivity index is 1.85. The first-order valence-corrected chi connectivity index (χ1v) is 6.28. The molecule has 2 fully saturated rings. The monoisotopic (exact) mass is 214 g/mol. The van der Waals surface area contributed by atoms with Crippen LogP contribution in [0.5, 0.6) is 0 Å². The minimum absolute atomic E-state index is 0.632. The molecule has 1 aromatic heterocycles. The minimum atomic E-state index is 0.632. The van der Waals surface area contributed by atoms with Crippen molar-refractivity contribution in [3.05, 3.63) is 35.7 Å². The molecule has 0 amide bonds. The van der Waals surface area contributed by atoms with Crippen LogP contribution in [-0.4, -0.2) is 17.1 Å². The van der Waals surface area contributed by atoms with Crippen molar-refractivity contribution in [1.82, 2.24) is 10.3 Å². The highest BCUT2D eigenvalue weighted by atomic mass is 15.0. The summed E-state index contributed by atoms with van der Waals surface area (Å²) in [6.07, 6.45) is 12.7. The molecular weight excluding hydrogens is 196 g/mol. The second-order valence-electron chi connectivity index (χ2n) is 4.89. The summed E-state index contributed by atoms with van der Waals surface area (Å²) in [7, 11) is 0. The summed E-state index contributed by atoms with van der Waals surface area (Å²) >= 11 is 0.